The maximum absolute atomic E-state index is 9.82. The van der Waals surface area contributed by atoms with E-state index in [1.54, 1.807) is 6.92 Å². The van der Waals surface area contributed by atoms with E-state index in [0.29, 0.717) is 4.90 Å². The monoisotopic (exact) mass is 89.0 g/mol. The van der Waals surface area contributed by atoms with Crippen LogP contribution in [0.5, 0.6) is 0 Å². The molecule has 0 saturated carbocycles. The first-order valence-electron chi connectivity index (χ1n) is 1.61. The summed E-state index contributed by atoms with van der Waals surface area (Å²) in [5, 5.41) is 9.82. The first-order chi connectivity index (χ1) is 2.81. The average molecular weight is 89.1 g/mol. The summed E-state index contributed by atoms with van der Waals surface area (Å²) < 4.78 is 0. The van der Waals surface area contributed by atoms with Gasteiger partial charge in [0.15, 0.2) is 0 Å². The van der Waals surface area contributed by atoms with Crippen molar-refractivity contribution in [2.75, 3.05) is 7.11 Å². The molecule has 3 heteroatoms. The Morgan fingerprint density at radius 2 is 2.33 bits per heavy atom. The minimum Gasteiger partial charge on any atom is -0.407 e. The largest absolute Gasteiger partial charge is 0.407 e. The highest BCUT2D eigenvalue weighted by molar-refractivity contribution is 5.46. The summed E-state index contributed by atoms with van der Waals surface area (Å²) in [6.07, 6.45) is 1.28. The Bertz CT molecular complexity index is 59.8. The van der Waals surface area contributed by atoms with Crippen LogP contribution in [0.3, 0.4) is 0 Å². The van der Waals surface area contributed by atoms with E-state index in [9.17, 15) is 5.21 Å². The van der Waals surface area contributed by atoms with Gasteiger partial charge >= 0.3 is 0 Å². The minimum atomic E-state index is 0.375. The molecule has 0 aromatic heterocycles. The molecule has 0 fully saturated rings. The highest BCUT2D eigenvalue weighted by atomic mass is 16.8. The van der Waals surface area contributed by atoms with E-state index in [1.807, 2.05) is 0 Å². The van der Waals surface area contributed by atoms with E-state index >= 15 is 0 Å². The fourth-order valence-corrected chi connectivity index (χ4v) is 0.105. The molecule has 3 nitrogen and oxygen atoms in total. The molecule has 0 saturated heterocycles. The summed E-state index contributed by atoms with van der Waals surface area (Å²) in [4.78, 5) is 4.50. The quantitative estimate of drug-likeness (QED) is 0.260. The molecule has 6 heavy (non-hydrogen) atoms. The molecule has 0 aliphatic heterocycles. The molecule has 0 amide bonds. The predicted octanol–water partition coefficient (Wildman–Crippen LogP) is 0.149. The molecule has 36 valence electrons. The summed E-state index contributed by atoms with van der Waals surface area (Å²) in [7, 11) is 1.31. The molecule has 0 bridgehead atoms. The minimum absolute atomic E-state index is 0.375. The number of hydrogen-bond donors (Lipinski definition) is 0. The van der Waals surface area contributed by atoms with Crippen LogP contribution < -0.4 is 0 Å². The molecule has 0 unspecified atom stereocenters. The number of rotatable bonds is 1. The lowest BCUT2D eigenvalue weighted by Gasteiger charge is -1.90. The van der Waals surface area contributed by atoms with Gasteiger partial charge in [0.05, 0.1) is 0 Å². The van der Waals surface area contributed by atoms with E-state index in [0.717, 1.165) is 0 Å². The number of nitrogens with zero attached hydrogens (tertiary/aromatic N) is 1. The fourth-order valence-electron chi connectivity index (χ4n) is 0.105. The van der Waals surface area contributed by atoms with Gasteiger partial charge in [-0.05, 0) is 0 Å². The summed E-state index contributed by atoms with van der Waals surface area (Å²) in [6.45, 7) is 1.59. The zero-order valence-corrected chi connectivity index (χ0v) is 3.84. The van der Waals surface area contributed by atoms with Gasteiger partial charge in [-0.25, -0.2) is 0 Å². The second-order valence-electron chi connectivity index (χ2n) is 0.726. The van der Waals surface area contributed by atoms with Crippen molar-refractivity contribution in [3.63, 3.8) is 0 Å². The van der Waals surface area contributed by atoms with Crippen molar-refractivity contribution >= 4 is 6.21 Å². The predicted molar refractivity (Wildman–Crippen MR) is 22.4 cm³/mol. The summed E-state index contributed by atoms with van der Waals surface area (Å²) in [5.41, 5.74) is 0. The van der Waals surface area contributed by atoms with Crippen LogP contribution in [0.4, 0.5) is 0 Å². The van der Waals surface area contributed by atoms with Gasteiger partial charge in [0.25, 0.3) is 0 Å². The van der Waals surface area contributed by atoms with E-state index in [-0.39, 0.29) is 0 Å². The molecule has 0 N–H and O–H groups in total. The fraction of sp³-hybridized carbons (Fsp3) is 0.667. The normalized spacial score (nSPS) is 11.3. The Labute approximate surface area is 36.4 Å². The van der Waals surface area contributed by atoms with Crippen molar-refractivity contribution in [3.8, 4) is 0 Å². The van der Waals surface area contributed by atoms with E-state index in [1.165, 1.54) is 13.3 Å². The van der Waals surface area contributed by atoms with E-state index < -0.39 is 0 Å². The van der Waals surface area contributed by atoms with Gasteiger partial charge in [-0.2, -0.15) is 0 Å². The third kappa shape index (κ3) is 1.58. The van der Waals surface area contributed by atoms with Crippen molar-refractivity contribution in [2.45, 2.75) is 6.92 Å². The molecule has 0 heterocycles. The van der Waals surface area contributed by atoms with Crippen LogP contribution >= 0.6 is 0 Å². The molecule has 0 aliphatic rings. The van der Waals surface area contributed by atoms with Crippen LogP contribution in [0.25, 0.3) is 0 Å². The molecule has 0 radical (unpaired) electrons. The topological polar surface area (TPSA) is 35.3 Å². The molecule has 0 aliphatic carbocycles. The Kier molecular flexibility index (Phi) is 2.20. The third-order valence-corrected chi connectivity index (χ3v) is 0.391. The van der Waals surface area contributed by atoms with E-state index in [2.05, 4.69) is 4.84 Å². The molecule has 0 aromatic carbocycles. The molecular formula is C3H7NO2. The standard InChI is InChI=1S/C3H7NO2/c1-3-4(5)6-2/h3H,1-2H3/b4-3-. The molecule has 0 spiro atoms. The van der Waals surface area contributed by atoms with Crippen LogP contribution in [0.2, 0.25) is 0 Å². The second-order valence-corrected chi connectivity index (χ2v) is 0.726. The van der Waals surface area contributed by atoms with E-state index in [4.69, 9.17) is 0 Å². The number of hydrogen-bond acceptors (Lipinski definition) is 2. The molecular weight excluding hydrogens is 82.0 g/mol. The van der Waals surface area contributed by atoms with Gasteiger partial charge in [0.1, 0.15) is 0 Å². The van der Waals surface area contributed by atoms with Gasteiger partial charge in [-0.3, -0.25) is 5.21 Å². The molecule has 0 atom stereocenters. The molecule has 0 aromatic rings. The van der Waals surface area contributed by atoms with Gasteiger partial charge in [0, 0.05) is 18.9 Å². The summed E-state index contributed by atoms with van der Waals surface area (Å²) >= 11 is 0. The smallest absolute Gasteiger partial charge is 0.207 e. The van der Waals surface area contributed by atoms with Gasteiger partial charge < -0.3 is 4.84 Å². The van der Waals surface area contributed by atoms with Crippen molar-refractivity contribution < 1.29 is 9.74 Å². The Balaban J connectivity index is 3.22. The van der Waals surface area contributed by atoms with Crippen LogP contribution in [-0.4, -0.2) is 18.2 Å². The van der Waals surface area contributed by atoms with Crippen molar-refractivity contribution in [2.24, 2.45) is 0 Å². The Hall–Kier alpha value is -0.730. The molecule has 0 rings (SSSR count). The van der Waals surface area contributed by atoms with Gasteiger partial charge in [-0.15, -0.1) is 0 Å². The van der Waals surface area contributed by atoms with Gasteiger partial charge in [-0.1, -0.05) is 0 Å². The maximum atomic E-state index is 9.82. The lowest BCUT2D eigenvalue weighted by atomic mass is 10.9. The van der Waals surface area contributed by atoms with Gasteiger partial charge in [0.2, 0.25) is 6.21 Å². The summed E-state index contributed by atoms with van der Waals surface area (Å²) in [6, 6.07) is 0. The van der Waals surface area contributed by atoms with Crippen molar-refractivity contribution in [1.29, 1.82) is 0 Å². The average Bonchev–Trinajstić information content (AvgIpc) is 1.65. The zero-order chi connectivity index (χ0) is 4.99. The van der Waals surface area contributed by atoms with Crippen LogP contribution in [0.15, 0.2) is 0 Å². The first-order valence-corrected chi connectivity index (χ1v) is 1.61. The lowest BCUT2D eigenvalue weighted by molar-refractivity contribution is -0.730. The Morgan fingerprint density at radius 1 is 1.83 bits per heavy atom. The third-order valence-electron chi connectivity index (χ3n) is 0.391. The van der Waals surface area contributed by atoms with Crippen LogP contribution in [0.1, 0.15) is 6.92 Å². The van der Waals surface area contributed by atoms with Crippen LogP contribution in [0, 0.1) is 5.21 Å². The Morgan fingerprint density at radius 3 is 2.33 bits per heavy atom. The SMILES string of the molecule is C/C=[N+](/[O-])OC. The summed E-state index contributed by atoms with van der Waals surface area (Å²) in [5.74, 6) is 0. The highest BCUT2D eigenvalue weighted by Gasteiger charge is 1.73. The second kappa shape index (κ2) is 2.50. The van der Waals surface area contributed by atoms with Crippen LogP contribution in [-0.2, 0) is 4.84 Å². The van der Waals surface area contributed by atoms with Crippen molar-refractivity contribution in [3.05, 3.63) is 5.21 Å². The maximum Gasteiger partial charge on any atom is 0.207 e. The zero-order valence-electron chi connectivity index (χ0n) is 3.84. The van der Waals surface area contributed by atoms with Crippen molar-refractivity contribution in [1.82, 2.24) is 0 Å². The highest BCUT2D eigenvalue weighted by Crippen LogP contribution is 1.61. The lowest BCUT2D eigenvalue weighted by Crippen LogP contribution is -1.98. The first kappa shape index (κ1) is 5.27.